The van der Waals surface area contributed by atoms with Gasteiger partial charge in [0.15, 0.2) is 11.6 Å². The van der Waals surface area contributed by atoms with Gasteiger partial charge in [0.1, 0.15) is 5.41 Å². The molecule has 0 aromatic heterocycles. The summed E-state index contributed by atoms with van der Waals surface area (Å²) in [4.78, 5) is 41.6. The van der Waals surface area contributed by atoms with E-state index >= 15 is 0 Å². The molecule has 0 amide bonds. The second-order valence-corrected chi connectivity index (χ2v) is 16.1. The van der Waals surface area contributed by atoms with Gasteiger partial charge in [-0.3, -0.25) is 14.4 Å². The molecule has 6 nitrogen and oxygen atoms in total. The number of ether oxygens (including phenoxy) is 1. The Morgan fingerprint density at radius 1 is 1.00 bits per heavy atom. The van der Waals surface area contributed by atoms with Crippen LogP contribution in [0.2, 0.25) is 0 Å². The van der Waals surface area contributed by atoms with Crippen LogP contribution in [-0.2, 0) is 19.1 Å². The molecular formula is C33H45NO5. The maximum absolute atomic E-state index is 14.5. The normalized spacial score (nSPS) is 52.5. The summed E-state index contributed by atoms with van der Waals surface area (Å²) < 4.78 is 5.37. The van der Waals surface area contributed by atoms with Crippen molar-refractivity contribution in [1.82, 2.24) is 0 Å². The first-order valence-corrected chi connectivity index (χ1v) is 14.9. The van der Waals surface area contributed by atoms with Crippen molar-refractivity contribution in [2.24, 2.45) is 61.6 Å². The van der Waals surface area contributed by atoms with E-state index < -0.39 is 33.2 Å². The third-order valence-corrected chi connectivity index (χ3v) is 14.1. The van der Waals surface area contributed by atoms with Crippen LogP contribution in [-0.4, -0.2) is 35.9 Å². The van der Waals surface area contributed by atoms with E-state index in [9.17, 15) is 24.8 Å². The molecule has 5 fully saturated rings. The number of rotatable bonds is 1. The van der Waals surface area contributed by atoms with Gasteiger partial charge in [-0.05, 0) is 90.4 Å². The number of Topliss-reactive ketones (excluding diaryl/α,β-unsaturated/α-hetero) is 1. The van der Waals surface area contributed by atoms with Gasteiger partial charge < -0.3 is 9.84 Å². The molecule has 10 atom stereocenters. The van der Waals surface area contributed by atoms with Gasteiger partial charge in [-0.2, -0.15) is 5.26 Å². The van der Waals surface area contributed by atoms with Crippen LogP contribution in [0.1, 0.15) is 93.4 Å². The molecule has 0 unspecified atom stereocenters. The Morgan fingerprint density at radius 3 is 2.28 bits per heavy atom. The van der Waals surface area contributed by atoms with Crippen molar-refractivity contribution in [3.63, 3.8) is 0 Å². The number of aliphatic hydroxyl groups is 1. The second kappa shape index (κ2) is 7.44. The summed E-state index contributed by atoms with van der Waals surface area (Å²) in [5.74, 6) is -0.653. The summed E-state index contributed by atoms with van der Waals surface area (Å²) in [5, 5.41) is 21.3. The van der Waals surface area contributed by atoms with Crippen LogP contribution in [0.15, 0.2) is 11.6 Å². The van der Waals surface area contributed by atoms with Crippen LogP contribution >= 0.6 is 0 Å². The van der Waals surface area contributed by atoms with Gasteiger partial charge in [0, 0.05) is 11.3 Å². The van der Waals surface area contributed by atoms with Crippen molar-refractivity contribution >= 4 is 17.5 Å². The first-order valence-electron chi connectivity index (χ1n) is 14.9. The molecule has 0 aromatic rings. The minimum atomic E-state index is -0.940. The second-order valence-electron chi connectivity index (χ2n) is 16.1. The highest BCUT2D eigenvalue weighted by atomic mass is 16.5. The van der Waals surface area contributed by atoms with Crippen LogP contribution in [0.5, 0.6) is 0 Å². The largest absolute Gasteiger partial charge is 0.469 e. The molecule has 6 heteroatoms. The van der Waals surface area contributed by atoms with Crippen molar-refractivity contribution < 1.29 is 24.2 Å². The summed E-state index contributed by atoms with van der Waals surface area (Å²) in [6, 6.07) is 2.44. The number of carbonyl (C=O) groups excluding carboxylic acids is 3. The smallest absolute Gasteiger partial charge is 0.312 e. The number of hydrogen-bond donors (Lipinski definition) is 1. The van der Waals surface area contributed by atoms with E-state index in [4.69, 9.17) is 4.74 Å². The highest BCUT2D eigenvalue weighted by Gasteiger charge is 2.80. The number of hydrogen-bond acceptors (Lipinski definition) is 6. The number of carbonyl (C=O) groups is 3. The van der Waals surface area contributed by atoms with E-state index in [1.54, 1.807) is 0 Å². The van der Waals surface area contributed by atoms with Gasteiger partial charge in [-0.1, -0.05) is 54.0 Å². The molecule has 6 rings (SSSR count). The predicted octanol–water partition coefficient (Wildman–Crippen LogP) is 5.43. The minimum absolute atomic E-state index is 0.0548. The van der Waals surface area contributed by atoms with Crippen LogP contribution in [0.3, 0.4) is 0 Å². The number of allylic oxidation sites excluding steroid dienone is 2. The van der Waals surface area contributed by atoms with Gasteiger partial charge in [0.2, 0.25) is 0 Å². The fraction of sp³-hybridized carbons (Fsp3) is 0.818. The summed E-state index contributed by atoms with van der Waals surface area (Å²) >= 11 is 0. The van der Waals surface area contributed by atoms with Crippen LogP contribution in [0.25, 0.3) is 0 Å². The van der Waals surface area contributed by atoms with Crippen molar-refractivity contribution in [3.8, 4) is 6.07 Å². The maximum atomic E-state index is 14.5. The Balaban J connectivity index is 1.52. The van der Waals surface area contributed by atoms with E-state index in [0.29, 0.717) is 32.1 Å². The number of ketones is 2. The SMILES string of the molecule is COC(=O)[C@@]12CC[C@]3(C)[C@H](C(=O)C=C4[C@@]5(C)[C@H]6C[C@@]6(C#N)C(=O)C(C)(C)[C@@H]5CC[C@]43C)[C@@H]1CC(C)(C)[C@H](O)C2. The average molecular weight is 536 g/mol. The quantitative estimate of drug-likeness (QED) is 0.449. The molecule has 1 N–H and O–H groups in total. The van der Waals surface area contributed by atoms with Gasteiger partial charge >= 0.3 is 5.97 Å². The molecule has 0 saturated heterocycles. The Labute approximate surface area is 232 Å². The highest BCUT2D eigenvalue weighted by molar-refractivity contribution is 5.99. The number of nitrogens with zero attached hydrogens (tertiary/aromatic N) is 1. The van der Waals surface area contributed by atoms with E-state index in [2.05, 4.69) is 26.8 Å². The molecule has 0 aromatic carbocycles. The van der Waals surface area contributed by atoms with Crippen molar-refractivity contribution in [2.75, 3.05) is 7.11 Å². The molecule has 212 valence electrons. The molecule has 0 spiro atoms. The third-order valence-electron chi connectivity index (χ3n) is 14.1. The predicted molar refractivity (Wildman–Crippen MR) is 145 cm³/mol. The fourth-order valence-electron chi connectivity index (χ4n) is 11.6. The van der Waals surface area contributed by atoms with Gasteiger partial charge in [-0.15, -0.1) is 0 Å². The summed E-state index contributed by atoms with van der Waals surface area (Å²) in [6.07, 6.45) is 5.84. The fourth-order valence-corrected chi connectivity index (χ4v) is 11.6. The zero-order chi connectivity index (χ0) is 28.8. The molecule has 6 aliphatic carbocycles. The number of methoxy groups -OCH3 is 1. The van der Waals surface area contributed by atoms with E-state index in [0.717, 1.165) is 18.4 Å². The van der Waals surface area contributed by atoms with Crippen LogP contribution < -0.4 is 0 Å². The van der Waals surface area contributed by atoms with Crippen molar-refractivity contribution in [2.45, 2.75) is 99.5 Å². The molecule has 0 bridgehead atoms. The third kappa shape index (κ3) is 2.80. The molecule has 0 radical (unpaired) electrons. The summed E-state index contributed by atoms with van der Waals surface area (Å²) in [5.41, 5.74) is -2.76. The molecule has 39 heavy (non-hydrogen) atoms. The van der Waals surface area contributed by atoms with E-state index in [1.165, 1.54) is 7.11 Å². The monoisotopic (exact) mass is 535 g/mol. The number of fused-ring (bicyclic) bond motifs is 9. The lowest BCUT2D eigenvalue weighted by Crippen LogP contribution is -2.67. The standard InChI is InChI=1S/C33H45NO5/c1-27(2)14-18-24-19(35)13-21-29(5,30(24,6)11-12-32(18,16-23(27)36)26(38)39-8)10-9-20-28(3,4)25(37)33(17-34)15-22(33)31(20,21)7/h13,18,20,22-24,36H,9-12,14-16H2,1-8H3/t18-,20-,22+,23+,24-,29+,30+,31-,32+,33-/m0/s1. The average Bonchev–Trinajstić information content (AvgIpc) is 3.62. The van der Waals surface area contributed by atoms with Gasteiger partial charge in [0.25, 0.3) is 0 Å². The van der Waals surface area contributed by atoms with Gasteiger partial charge in [-0.25, -0.2) is 0 Å². The zero-order valence-electron chi connectivity index (χ0n) is 24.9. The molecular weight excluding hydrogens is 490 g/mol. The lowest BCUT2D eigenvalue weighted by molar-refractivity contribution is -0.205. The molecule has 5 saturated carbocycles. The Bertz CT molecular complexity index is 1270. The lowest BCUT2D eigenvalue weighted by atomic mass is 9.33. The van der Waals surface area contributed by atoms with Crippen molar-refractivity contribution in [1.29, 1.82) is 5.26 Å². The first-order chi connectivity index (χ1) is 17.9. The lowest BCUT2D eigenvalue weighted by Gasteiger charge is -2.69. The Kier molecular flexibility index (Phi) is 5.18. The van der Waals surface area contributed by atoms with Crippen molar-refractivity contribution in [3.05, 3.63) is 11.6 Å². The minimum Gasteiger partial charge on any atom is -0.469 e. The van der Waals surface area contributed by atoms with Gasteiger partial charge in [0.05, 0.1) is 24.7 Å². The Hall–Kier alpha value is -2.00. The van der Waals surface area contributed by atoms with Crippen LogP contribution in [0, 0.1) is 72.9 Å². The molecule has 0 aliphatic heterocycles. The first kappa shape index (κ1) is 27.2. The maximum Gasteiger partial charge on any atom is 0.312 e. The molecule has 6 aliphatic rings. The number of aliphatic hydroxyl groups excluding tert-OH is 1. The number of nitriles is 1. The summed E-state index contributed by atoms with van der Waals surface area (Å²) in [6.45, 7) is 15.0. The van der Waals surface area contributed by atoms with E-state index in [1.807, 2.05) is 33.8 Å². The summed E-state index contributed by atoms with van der Waals surface area (Å²) in [7, 11) is 1.42. The topological polar surface area (TPSA) is 104 Å². The highest BCUT2D eigenvalue weighted by Crippen LogP contribution is 2.81. The molecule has 0 heterocycles. The zero-order valence-corrected chi connectivity index (χ0v) is 24.9. The van der Waals surface area contributed by atoms with E-state index in [-0.39, 0.29) is 52.0 Å². The number of esters is 1. The Morgan fingerprint density at radius 2 is 1.67 bits per heavy atom. The van der Waals surface area contributed by atoms with Crippen LogP contribution in [0.4, 0.5) is 0 Å².